The van der Waals surface area contributed by atoms with E-state index in [4.69, 9.17) is 0 Å². The Kier molecular flexibility index (Phi) is 4.37. The van der Waals surface area contributed by atoms with Crippen LogP contribution in [0.5, 0.6) is 0 Å². The van der Waals surface area contributed by atoms with Crippen molar-refractivity contribution in [3.63, 3.8) is 0 Å². The van der Waals surface area contributed by atoms with Gasteiger partial charge in [-0.3, -0.25) is 0 Å². The van der Waals surface area contributed by atoms with Gasteiger partial charge in [0, 0.05) is 0 Å². The number of hydrogen-bond donors (Lipinski definition) is 1. The maximum atomic E-state index is 4.07. The van der Waals surface area contributed by atoms with E-state index >= 15 is 0 Å². The Hall–Kier alpha value is -0.300. The second-order valence-corrected chi connectivity index (χ2v) is 3.87. The zero-order valence-corrected chi connectivity index (χ0v) is 8.23. The fraction of sp³-hybridized carbons (Fsp3) is 0.818. The van der Waals surface area contributed by atoms with Gasteiger partial charge in [0.15, 0.2) is 0 Å². The minimum absolute atomic E-state index is 0.861. The van der Waals surface area contributed by atoms with Gasteiger partial charge >= 0.3 is 0 Å². The van der Waals surface area contributed by atoms with E-state index in [1.807, 2.05) is 0 Å². The smallest absolute Gasteiger partial charge is 0.00175 e. The first-order chi connectivity index (χ1) is 5.83. The topological polar surface area (TPSA) is 12.0 Å². The fourth-order valence-corrected chi connectivity index (χ4v) is 1.82. The van der Waals surface area contributed by atoms with Gasteiger partial charge in [0.1, 0.15) is 0 Å². The molecule has 0 aromatic carbocycles. The molecule has 1 saturated heterocycles. The van der Waals surface area contributed by atoms with Crippen molar-refractivity contribution in [1.29, 1.82) is 0 Å². The summed E-state index contributed by atoms with van der Waals surface area (Å²) in [6.45, 7) is 8.70. The van der Waals surface area contributed by atoms with Crippen LogP contribution >= 0.6 is 0 Å². The molecule has 1 N–H and O–H groups in total. The van der Waals surface area contributed by atoms with E-state index < -0.39 is 0 Å². The van der Waals surface area contributed by atoms with Crippen molar-refractivity contribution in [2.75, 3.05) is 13.1 Å². The van der Waals surface area contributed by atoms with Gasteiger partial charge in [-0.15, -0.1) is 0 Å². The molecule has 1 atom stereocenters. The van der Waals surface area contributed by atoms with E-state index in [0.29, 0.717) is 0 Å². The lowest BCUT2D eigenvalue weighted by Gasteiger charge is -2.14. The second-order valence-electron chi connectivity index (χ2n) is 3.87. The fourth-order valence-electron chi connectivity index (χ4n) is 1.82. The Balaban J connectivity index is 2.24. The molecule has 1 fully saturated rings. The predicted octanol–water partition coefficient (Wildman–Crippen LogP) is 2.73. The maximum absolute atomic E-state index is 4.07. The average Bonchev–Trinajstić information content (AvgIpc) is 2.33. The van der Waals surface area contributed by atoms with Gasteiger partial charge in [-0.05, 0) is 44.7 Å². The molecule has 70 valence electrons. The van der Waals surface area contributed by atoms with Crippen LogP contribution in [-0.4, -0.2) is 13.1 Å². The molecule has 0 spiro atoms. The zero-order valence-electron chi connectivity index (χ0n) is 8.23. The van der Waals surface area contributed by atoms with Crippen LogP contribution in [-0.2, 0) is 0 Å². The third-order valence-electron chi connectivity index (χ3n) is 2.73. The Bertz CT molecular complexity index is 132. The maximum Gasteiger partial charge on any atom is -0.00175 e. The van der Waals surface area contributed by atoms with Crippen LogP contribution in [0.4, 0.5) is 0 Å². The highest BCUT2D eigenvalue weighted by Gasteiger charge is 2.11. The first-order valence-corrected chi connectivity index (χ1v) is 5.20. The molecule has 1 unspecified atom stereocenters. The van der Waals surface area contributed by atoms with E-state index in [9.17, 15) is 0 Å². The standard InChI is InChI=1S/C11H21N/c1-3-10(2)8-11-6-4-5-7-12-9-11/h11-12H,2-9H2,1H3. The first kappa shape index (κ1) is 9.79. The molecule has 0 saturated carbocycles. The number of hydrogen-bond acceptors (Lipinski definition) is 1. The molecular weight excluding hydrogens is 146 g/mol. The highest BCUT2D eigenvalue weighted by Crippen LogP contribution is 2.19. The molecular formula is C11H21N. The van der Waals surface area contributed by atoms with Gasteiger partial charge < -0.3 is 5.32 Å². The molecule has 1 heterocycles. The Morgan fingerprint density at radius 3 is 3.08 bits per heavy atom. The van der Waals surface area contributed by atoms with Crippen LogP contribution in [0.3, 0.4) is 0 Å². The van der Waals surface area contributed by atoms with Gasteiger partial charge in [-0.25, -0.2) is 0 Å². The minimum atomic E-state index is 0.861. The van der Waals surface area contributed by atoms with Crippen LogP contribution in [0, 0.1) is 5.92 Å². The number of allylic oxidation sites excluding steroid dienone is 1. The van der Waals surface area contributed by atoms with E-state index in [0.717, 1.165) is 12.3 Å². The quantitative estimate of drug-likeness (QED) is 0.637. The predicted molar refractivity (Wildman–Crippen MR) is 54.3 cm³/mol. The van der Waals surface area contributed by atoms with Crippen LogP contribution in [0.1, 0.15) is 39.0 Å². The highest BCUT2D eigenvalue weighted by molar-refractivity contribution is 4.95. The average molecular weight is 167 g/mol. The van der Waals surface area contributed by atoms with Gasteiger partial charge in [-0.2, -0.15) is 0 Å². The van der Waals surface area contributed by atoms with Crippen LogP contribution in [0.2, 0.25) is 0 Å². The summed E-state index contributed by atoms with van der Waals surface area (Å²) < 4.78 is 0. The molecule has 1 rings (SSSR count). The molecule has 0 aromatic heterocycles. The monoisotopic (exact) mass is 167 g/mol. The van der Waals surface area contributed by atoms with Crippen molar-refractivity contribution in [2.24, 2.45) is 5.92 Å². The highest BCUT2D eigenvalue weighted by atomic mass is 14.9. The van der Waals surface area contributed by atoms with Crippen molar-refractivity contribution < 1.29 is 0 Å². The van der Waals surface area contributed by atoms with Gasteiger partial charge in [0.2, 0.25) is 0 Å². The van der Waals surface area contributed by atoms with E-state index in [-0.39, 0.29) is 0 Å². The molecule has 1 aliphatic rings. The summed E-state index contributed by atoms with van der Waals surface area (Å²) in [5, 5.41) is 3.49. The summed E-state index contributed by atoms with van der Waals surface area (Å²) in [6, 6.07) is 0. The molecule has 0 amide bonds. The van der Waals surface area contributed by atoms with E-state index in [2.05, 4.69) is 18.8 Å². The third-order valence-corrected chi connectivity index (χ3v) is 2.73. The lowest BCUT2D eigenvalue weighted by molar-refractivity contribution is 0.472. The van der Waals surface area contributed by atoms with Crippen LogP contribution < -0.4 is 5.32 Å². The zero-order chi connectivity index (χ0) is 8.81. The lowest BCUT2D eigenvalue weighted by atomic mass is 9.95. The Morgan fingerprint density at radius 1 is 1.50 bits per heavy atom. The largest absolute Gasteiger partial charge is 0.316 e. The van der Waals surface area contributed by atoms with Crippen molar-refractivity contribution in [3.05, 3.63) is 12.2 Å². The summed E-state index contributed by atoms with van der Waals surface area (Å²) in [4.78, 5) is 0. The SMILES string of the molecule is C=C(CC)CC1CCCCNC1. The molecule has 0 radical (unpaired) electrons. The molecule has 0 aromatic rings. The molecule has 0 aliphatic carbocycles. The molecule has 12 heavy (non-hydrogen) atoms. The molecule has 1 heteroatoms. The van der Waals surface area contributed by atoms with E-state index in [1.54, 1.807) is 0 Å². The van der Waals surface area contributed by atoms with Crippen molar-refractivity contribution in [2.45, 2.75) is 39.0 Å². The normalized spacial score (nSPS) is 24.9. The lowest BCUT2D eigenvalue weighted by Crippen LogP contribution is -2.20. The van der Waals surface area contributed by atoms with Gasteiger partial charge in [0.05, 0.1) is 0 Å². The summed E-state index contributed by atoms with van der Waals surface area (Å²) in [6.07, 6.45) is 6.54. The van der Waals surface area contributed by atoms with Crippen molar-refractivity contribution >= 4 is 0 Å². The van der Waals surface area contributed by atoms with Gasteiger partial charge in [-0.1, -0.05) is 25.5 Å². The van der Waals surface area contributed by atoms with Crippen molar-refractivity contribution in [1.82, 2.24) is 5.32 Å². The second kappa shape index (κ2) is 5.36. The van der Waals surface area contributed by atoms with Crippen LogP contribution in [0.25, 0.3) is 0 Å². The molecule has 1 nitrogen and oxygen atoms in total. The van der Waals surface area contributed by atoms with Gasteiger partial charge in [0.25, 0.3) is 0 Å². The summed E-state index contributed by atoms with van der Waals surface area (Å²) in [5.74, 6) is 0.861. The third kappa shape index (κ3) is 3.40. The Morgan fingerprint density at radius 2 is 2.33 bits per heavy atom. The number of nitrogens with one attached hydrogen (secondary N) is 1. The Labute approximate surface area is 76.2 Å². The summed E-state index contributed by atoms with van der Waals surface area (Å²) in [7, 11) is 0. The minimum Gasteiger partial charge on any atom is -0.316 e. The van der Waals surface area contributed by atoms with Crippen LogP contribution in [0.15, 0.2) is 12.2 Å². The van der Waals surface area contributed by atoms with E-state index in [1.165, 1.54) is 44.3 Å². The van der Waals surface area contributed by atoms with Crippen molar-refractivity contribution in [3.8, 4) is 0 Å². The first-order valence-electron chi connectivity index (χ1n) is 5.20. The molecule has 1 aliphatic heterocycles. The summed E-state index contributed by atoms with van der Waals surface area (Å²) in [5.41, 5.74) is 1.42. The summed E-state index contributed by atoms with van der Waals surface area (Å²) >= 11 is 0. The molecule has 0 bridgehead atoms. The number of rotatable bonds is 3.